The van der Waals surface area contributed by atoms with Gasteiger partial charge >= 0.3 is 12.0 Å². The Hall–Kier alpha value is -1.89. The second-order valence-electron chi connectivity index (χ2n) is 3.86. The molecule has 0 saturated heterocycles. The van der Waals surface area contributed by atoms with E-state index < -0.39 is 5.97 Å². The zero-order valence-electron chi connectivity index (χ0n) is 10.8. The largest absolute Gasteiger partial charge is 0.476 e. The van der Waals surface area contributed by atoms with E-state index in [0.717, 1.165) is 6.42 Å². The average molecular weight is 283 g/mol. The highest BCUT2D eigenvalue weighted by molar-refractivity contribution is 7.09. The van der Waals surface area contributed by atoms with Gasteiger partial charge in [-0.1, -0.05) is 12.2 Å². The van der Waals surface area contributed by atoms with E-state index in [2.05, 4.69) is 15.6 Å². The lowest BCUT2D eigenvalue weighted by Crippen LogP contribution is -2.37. The highest BCUT2D eigenvalue weighted by Gasteiger charge is 2.15. The predicted octanol–water partition coefficient (Wildman–Crippen LogP) is 2.17. The summed E-state index contributed by atoms with van der Waals surface area (Å²) in [7, 11) is 0. The van der Waals surface area contributed by atoms with Crippen molar-refractivity contribution in [2.24, 2.45) is 0 Å². The van der Waals surface area contributed by atoms with E-state index in [1.165, 1.54) is 16.7 Å². The van der Waals surface area contributed by atoms with Crippen molar-refractivity contribution in [2.45, 2.75) is 26.3 Å². The lowest BCUT2D eigenvalue weighted by molar-refractivity contribution is 0.0691. The minimum atomic E-state index is -1.06. The van der Waals surface area contributed by atoms with Gasteiger partial charge < -0.3 is 15.7 Å². The van der Waals surface area contributed by atoms with Gasteiger partial charge in [-0.15, -0.1) is 11.3 Å². The van der Waals surface area contributed by atoms with Gasteiger partial charge in [0.15, 0.2) is 5.69 Å². The fourth-order valence-electron chi connectivity index (χ4n) is 1.33. The Kier molecular flexibility index (Phi) is 6.01. The Balaban J connectivity index is 2.42. The van der Waals surface area contributed by atoms with E-state index in [9.17, 15) is 9.59 Å². The van der Waals surface area contributed by atoms with Crippen molar-refractivity contribution < 1.29 is 14.7 Å². The number of allylic oxidation sites excluding steroid dienone is 1. The Morgan fingerprint density at radius 3 is 2.89 bits per heavy atom. The number of carboxylic acid groups (broad SMARTS) is 1. The number of aromatic carboxylic acids is 1. The topological polar surface area (TPSA) is 91.3 Å². The molecule has 7 heteroatoms. The number of nitrogens with zero attached hydrogens (tertiary/aromatic N) is 1. The molecule has 1 atom stereocenters. The maximum Gasteiger partial charge on any atom is 0.355 e. The van der Waals surface area contributed by atoms with E-state index in [1.807, 2.05) is 19.1 Å². The van der Waals surface area contributed by atoms with Crippen molar-refractivity contribution in [2.75, 3.05) is 6.54 Å². The Labute approximate surface area is 115 Å². The van der Waals surface area contributed by atoms with Crippen LogP contribution in [0.2, 0.25) is 0 Å². The number of amides is 2. The van der Waals surface area contributed by atoms with Gasteiger partial charge in [0.2, 0.25) is 0 Å². The Bertz CT molecular complexity index is 471. The van der Waals surface area contributed by atoms with Crippen LogP contribution in [0.3, 0.4) is 0 Å². The van der Waals surface area contributed by atoms with E-state index in [-0.39, 0.29) is 17.8 Å². The maximum absolute atomic E-state index is 11.5. The first-order valence-electron chi connectivity index (χ1n) is 5.88. The Morgan fingerprint density at radius 2 is 2.32 bits per heavy atom. The van der Waals surface area contributed by atoms with Crippen LogP contribution in [0.15, 0.2) is 17.5 Å². The van der Waals surface area contributed by atoms with Gasteiger partial charge in [0.1, 0.15) is 5.01 Å². The normalized spacial score (nSPS) is 12.3. The third-order valence-corrected chi connectivity index (χ3v) is 3.32. The van der Waals surface area contributed by atoms with Crippen molar-refractivity contribution in [3.05, 3.63) is 28.2 Å². The minimum absolute atomic E-state index is 0.00198. The van der Waals surface area contributed by atoms with Gasteiger partial charge in [0, 0.05) is 11.9 Å². The number of hydrogen-bond acceptors (Lipinski definition) is 4. The molecule has 0 aromatic carbocycles. The van der Waals surface area contributed by atoms with E-state index in [0.29, 0.717) is 11.6 Å². The van der Waals surface area contributed by atoms with Crippen LogP contribution in [0.4, 0.5) is 4.79 Å². The second kappa shape index (κ2) is 7.52. The van der Waals surface area contributed by atoms with Crippen LogP contribution < -0.4 is 10.6 Å². The lowest BCUT2D eigenvalue weighted by atomic mass is 10.3. The van der Waals surface area contributed by atoms with Crippen LogP contribution in [0.5, 0.6) is 0 Å². The summed E-state index contributed by atoms with van der Waals surface area (Å²) >= 11 is 1.21. The molecule has 2 amide bonds. The van der Waals surface area contributed by atoms with Crippen molar-refractivity contribution in [3.63, 3.8) is 0 Å². The number of carbonyl (C=O) groups is 2. The quantitative estimate of drug-likeness (QED) is 0.551. The van der Waals surface area contributed by atoms with E-state index in [1.54, 1.807) is 6.92 Å². The lowest BCUT2D eigenvalue weighted by Gasteiger charge is -2.11. The van der Waals surface area contributed by atoms with Crippen LogP contribution in [0.1, 0.15) is 41.8 Å². The van der Waals surface area contributed by atoms with Crippen molar-refractivity contribution >= 4 is 23.3 Å². The summed E-state index contributed by atoms with van der Waals surface area (Å²) in [4.78, 5) is 26.2. The predicted molar refractivity (Wildman–Crippen MR) is 73.5 cm³/mol. The molecule has 1 aromatic heterocycles. The summed E-state index contributed by atoms with van der Waals surface area (Å²) in [6.07, 6.45) is 4.66. The number of urea groups is 1. The van der Waals surface area contributed by atoms with Crippen molar-refractivity contribution in [1.29, 1.82) is 0 Å². The number of carbonyl (C=O) groups excluding carboxylic acids is 1. The van der Waals surface area contributed by atoms with Crippen LogP contribution in [-0.4, -0.2) is 28.6 Å². The first kappa shape index (κ1) is 15.2. The van der Waals surface area contributed by atoms with Gasteiger partial charge in [-0.25, -0.2) is 14.6 Å². The summed E-state index contributed by atoms with van der Waals surface area (Å²) in [5.41, 5.74) is 0.00198. The number of aromatic nitrogens is 1. The SMILES string of the molecule is C/C=C/CCNC(=O)NC(C)c1nc(C(=O)O)cs1. The molecular weight excluding hydrogens is 266 g/mol. The molecule has 0 bridgehead atoms. The summed E-state index contributed by atoms with van der Waals surface area (Å²) < 4.78 is 0. The number of rotatable bonds is 6. The first-order chi connectivity index (χ1) is 9.04. The molecule has 1 aromatic rings. The first-order valence-corrected chi connectivity index (χ1v) is 6.76. The van der Waals surface area contributed by atoms with Crippen molar-refractivity contribution in [1.82, 2.24) is 15.6 Å². The van der Waals surface area contributed by atoms with Gasteiger partial charge in [-0.05, 0) is 20.3 Å². The molecule has 0 spiro atoms. The smallest absolute Gasteiger partial charge is 0.355 e. The van der Waals surface area contributed by atoms with Crippen LogP contribution in [0, 0.1) is 0 Å². The molecule has 0 radical (unpaired) electrons. The zero-order chi connectivity index (χ0) is 14.3. The molecular formula is C12H17N3O3S. The summed E-state index contributed by atoms with van der Waals surface area (Å²) in [6, 6.07) is -0.608. The Morgan fingerprint density at radius 1 is 1.58 bits per heavy atom. The molecule has 3 N–H and O–H groups in total. The molecule has 1 heterocycles. The van der Waals surface area contributed by atoms with Crippen LogP contribution in [0.25, 0.3) is 0 Å². The minimum Gasteiger partial charge on any atom is -0.476 e. The molecule has 1 rings (SSSR count). The molecule has 104 valence electrons. The molecule has 1 unspecified atom stereocenters. The van der Waals surface area contributed by atoms with Crippen LogP contribution >= 0.6 is 11.3 Å². The highest BCUT2D eigenvalue weighted by atomic mass is 32.1. The number of nitrogens with one attached hydrogen (secondary N) is 2. The van der Waals surface area contributed by atoms with E-state index >= 15 is 0 Å². The van der Waals surface area contributed by atoms with Gasteiger partial charge in [0.05, 0.1) is 6.04 Å². The highest BCUT2D eigenvalue weighted by Crippen LogP contribution is 2.17. The fraction of sp³-hybridized carbons (Fsp3) is 0.417. The zero-order valence-corrected chi connectivity index (χ0v) is 11.7. The van der Waals surface area contributed by atoms with Gasteiger partial charge in [-0.2, -0.15) is 0 Å². The summed E-state index contributed by atoms with van der Waals surface area (Å²) in [5.74, 6) is -1.06. The standard InChI is InChI=1S/C12H17N3O3S/c1-3-4-5-6-13-12(18)14-8(2)10-15-9(7-19-10)11(16)17/h3-4,7-8H,5-6H2,1-2H3,(H,16,17)(H2,13,14,18)/b4-3+. The number of carboxylic acids is 1. The van der Waals surface area contributed by atoms with Gasteiger partial charge in [0.25, 0.3) is 0 Å². The van der Waals surface area contributed by atoms with Crippen molar-refractivity contribution in [3.8, 4) is 0 Å². The third kappa shape index (κ3) is 5.09. The second-order valence-corrected chi connectivity index (χ2v) is 4.75. The average Bonchev–Trinajstić information content (AvgIpc) is 2.84. The van der Waals surface area contributed by atoms with E-state index in [4.69, 9.17) is 5.11 Å². The molecule has 0 aliphatic carbocycles. The summed E-state index contributed by atoms with van der Waals surface area (Å²) in [5, 5.41) is 16.2. The van der Waals surface area contributed by atoms with Gasteiger partial charge in [-0.3, -0.25) is 0 Å². The monoisotopic (exact) mass is 283 g/mol. The maximum atomic E-state index is 11.5. The third-order valence-electron chi connectivity index (χ3n) is 2.29. The molecule has 6 nitrogen and oxygen atoms in total. The number of thiazole rings is 1. The van der Waals surface area contributed by atoms with Crippen LogP contribution in [-0.2, 0) is 0 Å². The molecule has 19 heavy (non-hydrogen) atoms. The fourth-order valence-corrected chi connectivity index (χ4v) is 2.13. The molecule has 0 aliphatic rings. The molecule has 0 saturated carbocycles. The summed E-state index contributed by atoms with van der Waals surface area (Å²) in [6.45, 7) is 4.24. The molecule has 0 fully saturated rings. The number of hydrogen-bond donors (Lipinski definition) is 3. The molecule has 0 aliphatic heterocycles.